The van der Waals surface area contributed by atoms with Crippen molar-refractivity contribution in [1.82, 2.24) is 24.1 Å². The summed E-state index contributed by atoms with van der Waals surface area (Å²) in [5.41, 5.74) is 14.2. The fraction of sp³-hybridized carbons (Fsp3) is 0.0172. The summed E-state index contributed by atoms with van der Waals surface area (Å²) in [6, 6.07) is 72.6. The third kappa shape index (κ3) is 5.56. The molecule has 13 aromatic rings. The van der Waals surface area contributed by atoms with Crippen LogP contribution >= 0.6 is 0 Å². The number of para-hydroxylation sites is 3. The molecule has 4 heterocycles. The van der Waals surface area contributed by atoms with Gasteiger partial charge in [-0.1, -0.05) is 152 Å². The van der Waals surface area contributed by atoms with Crippen molar-refractivity contribution in [1.29, 1.82) is 0 Å². The first kappa shape index (κ1) is 36.1. The number of aromatic nitrogens is 5. The quantitative estimate of drug-likeness (QED) is 0.168. The number of rotatable bonds is 6. The number of furan rings is 1. The van der Waals surface area contributed by atoms with Crippen LogP contribution in [0.1, 0.15) is 5.56 Å². The first-order chi connectivity index (χ1) is 31.7. The second-order valence-corrected chi connectivity index (χ2v) is 16.4. The highest BCUT2D eigenvalue weighted by atomic mass is 16.3. The van der Waals surface area contributed by atoms with Crippen LogP contribution in [0.4, 0.5) is 0 Å². The van der Waals surface area contributed by atoms with Crippen molar-refractivity contribution in [2.24, 2.45) is 0 Å². The van der Waals surface area contributed by atoms with E-state index >= 15 is 0 Å². The van der Waals surface area contributed by atoms with E-state index in [9.17, 15) is 0 Å². The topological polar surface area (TPSA) is 61.7 Å². The van der Waals surface area contributed by atoms with Gasteiger partial charge in [-0.15, -0.1) is 0 Å². The normalized spacial score (nSPS) is 11.8. The number of hydrogen-bond acceptors (Lipinski definition) is 4. The average molecular weight is 820 g/mol. The SMILES string of the molecule is Cc1cc(-n2c3ccc(-c4ccccc4)cc3c3cc4c5ccccc5n(-c5ccccc5)c4cc32)c2c(oc3ccccc32)c1-c1nc(-c2ccccc2)nc(-c2ccccc2)n1. The van der Waals surface area contributed by atoms with E-state index in [1.54, 1.807) is 0 Å². The molecule has 64 heavy (non-hydrogen) atoms. The lowest BCUT2D eigenvalue weighted by atomic mass is 10.0. The molecule has 0 bridgehead atoms. The van der Waals surface area contributed by atoms with Gasteiger partial charge in [-0.3, -0.25) is 0 Å². The summed E-state index contributed by atoms with van der Waals surface area (Å²) in [5.74, 6) is 1.77. The van der Waals surface area contributed by atoms with Crippen molar-refractivity contribution in [3.8, 4) is 56.7 Å². The fourth-order valence-electron chi connectivity index (χ4n) is 9.79. The summed E-state index contributed by atoms with van der Waals surface area (Å²) >= 11 is 0. The van der Waals surface area contributed by atoms with E-state index in [1.165, 1.54) is 38.2 Å². The molecule has 0 fully saturated rings. The van der Waals surface area contributed by atoms with E-state index in [4.69, 9.17) is 19.4 Å². The number of aryl methyl sites for hydroxylation is 1. The van der Waals surface area contributed by atoms with E-state index in [0.29, 0.717) is 17.5 Å². The Hall–Kier alpha value is -8.61. The third-order valence-corrected chi connectivity index (χ3v) is 12.7. The van der Waals surface area contributed by atoms with Crippen molar-refractivity contribution in [2.45, 2.75) is 6.92 Å². The van der Waals surface area contributed by atoms with Crippen molar-refractivity contribution in [2.75, 3.05) is 0 Å². The molecule has 0 spiro atoms. The minimum Gasteiger partial charge on any atom is -0.455 e. The highest BCUT2D eigenvalue weighted by molar-refractivity contribution is 6.21. The second kappa shape index (κ2) is 14.2. The van der Waals surface area contributed by atoms with Gasteiger partial charge in [-0.2, -0.15) is 0 Å². The maximum absolute atomic E-state index is 7.02. The van der Waals surface area contributed by atoms with Crippen LogP contribution in [0.25, 0.3) is 122 Å². The maximum atomic E-state index is 7.02. The minimum atomic E-state index is 0.560. The van der Waals surface area contributed by atoms with Gasteiger partial charge in [0.1, 0.15) is 11.2 Å². The first-order valence-corrected chi connectivity index (χ1v) is 21.6. The highest BCUT2D eigenvalue weighted by Crippen LogP contribution is 2.46. The number of benzene rings is 9. The molecule has 0 atom stereocenters. The molecule has 13 rings (SSSR count). The molecule has 0 N–H and O–H groups in total. The molecule has 6 nitrogen and oxygen atoms in total. The molecule has 0 unspecified atom stereocenters. The van der Waals surface area contributed by atoms with E-state index < -0.39 is 0 Å². The summed E-state index contributed by atoms with van der Waals surface area (Å²) in [6.07, 6.45) is 0. The van der Waals surface area contributed by atoms with Crippen LogP contribution < -0.4 is 0 Å². The lowest BCUT2D eigenvalue weighted by molar-refractivity contribution is 0.669. The Kier molecular flexibility index (Phi) is 8.02. The highest BCUT2D eigenvalue weighted by Gasteiger charge is 2.26. The van der Waals surface area contributed by atoms with Gasteiger partial charge >= 0.3 is 0 Å². The zero-order valence-electron chi connectivity index (χ0n) is 34.8. The monoisotopic (exact) mass is 819 g/mol. The summed E-state index contributed by atoms with van der Waals surface area (Å²) in [7, 11) is 0. The lowest BCUT2D eigenvalue weighted by Crippen LogP contribution is -2.03. The van der Waals surface area contributed by atoms with Crippen LogP contribution in [0.3, 0.4) is 0 Å². The Balaban J connectivity index is 1.15. The Morgan fingerprint density at radius 2 is 0.906 bits per heavy atom. The molecule has 0 aliphatic rings. The molecule has 0 aliphatic heterocycles. The third-order valence-electron chi connectivity index (χ3n) is 12.7. The van der Waals surface area contributed by atoms with Crippen LogP contribution in [-0.2, 0) is 0 Å². The van der Waals surface area contributed by atoms with Gasteiger partial charge in [0.2, 0.25) is 0 Å². The summed E-state index contributed by atoms with van der Waals surface area (Å²) in [6.45, 7) is 2.15. The molecule has 0 saturated carbocycles. The van der Waals surface area contributed by atoms with E-state index in [2.05, 4.69) is 156 Å². The molecule has 0 amide bonds. The number of hydrogen-bond donors (Lipinski definition) is 0. The molecule has 4 aromatic heterocycles. The van der Waals surface area contributed by atoms with E-state index in [0.717, 1.165) is 72.1 Å². The van der Waals surface area contributed by atoms with E-state index in [-0.39, 0.29) is 0 Å². The summed E-state index contributed by atoms with van der Waals surface area (Å²) in [4.78, 5) is 15.4. The molecule has 0 radical (unpaired) electrons. The van der Waals surface area contributed by atoms with Crippen molar-refractivity contribution in [3.05, 3.63) is 212 Å². The lowest BCUT2D eigenvalue weighted by Gasteiger charge is -2.15. The van der Waals surface area contributed by atoms with Gasteiger partial charge in [0.05, 0.1) is 38.7 Å². The molecule has 9 aromatic carbocycles. The van der Waals surface area contributed by atoms with Crippen molar-refractivity contribution in [3.63, 3.8) is 0 Å². The van der Waals surface area contributed by atoms with Crippen LogP contribution in [0.2, 0.25) is 0 Å². The van der Waals surface area contributed by atoms with Crippen LogP contribution in [-0.4, -0.2) is 24.1 Å². The van der Waals surface area contributed by atoms with Crippen LogP contribution in [0.15, 0.2) is 211 Å². The Labute approximate surface area is 368 Å². The zero-order valence-corrected chi connectivity index (χ0v) is 34.8. The van der Waals surface area contributed by atoms with Gasteiger partial charge in [0.15, 0.2) is 17.5 Å². The Bertz CT molecular complexity index is 3890. The van der Waals surface area contributed by atoms with Gasteiger partial charge < -0.3 is 13.6 Å². The number of nitrogens with zero attached hydrogens (tertiary/aromatic N) is 5. The predicted octanol–water partition coefficient (Wildman–Crippen LogP) is 14.9. The molecule has 300 valence electrons. The van der Waals surface area contributed by atoms with Crippen LogP contribution in [0, 0.1) is 6.92 Å². The molecule has 0 saturated heterocycles. The van der Waals surface area contributed by atoms with Crippen LogP contribution in [0.5, 0.6) is 0 Å². The summed E-state index contributed by atoms with van der Waals surface area (Å²) in [5, 5.41) is 6.79. The average Bonchev–Trinajstić information content (AvgIpc) is 4.01. The first-order valence-electron chi connectivity index (χ1n) is 21.6. The van der Waals surface area contributed by atoms with Crippen molar-refractivity contribution < 1.29 is 4.42 Å². The second-order valence-electron chi connectivity index (χ2n) is 16.4. The molecule has 6 heteroatoms. The predicted molar refractivity (Wildman–Crippen MR) is 262 cm³/mol. The maximum Gasteiger partial charge on any atom is 0.168 e. The fourth-order valence-corrected chi connectivity index (χ4v) is 9.79. The Morgan fingerprint density at radius 3 is 1.61 bits per heavy atom. The van der Waals surface area contributed by atoms with Gasteiger partial charge in [-0.05, 0) is 78.2 Å². The Morgan fingerprint density at radius 1 is 0.375 bits per heavy atom. The van der Waals surface area contributed by atoms with Gasteiger partial charge in [0.25, 0.3) is 0 Å². The largest absolute Gasteiger partial charge is 0.455 e. The van der Waals surface area contributed by atoms with Crippen molar-refractivity contribution >= 4 is 65.6 Å². The minimum absolute atomic E-state index is 0.560. The summed E-state index contributed by atoms with van der Waals surface area (Å²) < 4.78 is 11.9. The molecule has 0 aliphatic carbocycles. The molecular weight excluding hydrogens is 783 g/mol. The number of fused-ring (bicyclic) bond motifs is 9. The van der Waals surface area contributed by atoms with Gasteiger partial charge in [0, 0.05) is 43.7 Å². The zero-order chi connectivity index (χ0) is 42.3. The standard InChI is InChI=1S/C58H37N5O/c1-36-32-51(54-43-27-15-17-29-52(43)64-55(54)53(36)58-60-56(38-20-8-3-9-21-38)59-57(61-58)39-22-10-4-11-23-39)63-48-31-30-40(37-18-6-2-7-19-37)33-44(48)46-34-45-42-26-14-16-28-47(42)62(49(45)35-50(46)63)41-24-12-5-13-25-41/h2-35H,1H3. The smallest absolute Gasteiger partial charge is 0.168 e. The van der Waals surface area contributed by atoms with Gasteiger partial charge in [-0.25, -0.2) is 15.0 Å². The van der Waals surface area contributed by atoms with E-state index in [1.807, 2.05) is 66.7 Å². The molecular formula is C58H37N5O.